The molecule has 2 aromatic rings. The lowest BCUT2D eigenvalue weighted by atomic mass is 10.1. The molecule has 0 amide bonds. The van der Waals surface area contributed by atoms with Crippen molar-refractivity contribution in [1.82, 2.24) is 0 Å². The second kappa shape index (κ2) is 7.34. The average Bonchev–Trinajstić information content (AvgIpc) is 2.52. The maximum Gasteiger partial charge on any atom is 0.339 e. The Morgan fingerprint density at radius 2 is 1.75 bits per heavy atom. The molecule has 0 spiro atoms. The van der Waals surface area contributed by atoms with E-state index in [2.05, 4.69) is 29.6 Å². The molecule has 1 N–H and O–H groups in total. The Morgan fingerprint density at radius 3 is 2.50 bits per heavy atom. The van der Waals surface area contributed by atoms with Crippen molar-refractivity contribution >= 4 is 11.7 Å². The first kappa shape index (κ1) is 14.1. The molecular weight excluding hydrogens is 250 g/mol. The highest BCUT2D eigenvalue weighted by Crippen LogP contribution is 2.16. The third-order valence-corrected chi connectivity index (χ3v) is 3.13. The van der Waals surface area contributed by atoms with Crippen LogP contribution in [-0.4, -0.2) is 19.6 Å². The van der Waals surface area contributed by atoms with Crippen LogP contribution in [0.3, 0.4) is 0 Å². The standard InChI is InChI=1S/C17H19NO2/c1-20-17(19)15-11-5-6-12-16(15)18-13-7-10-14-8-3-2-4-9-14/h2-6,8-9,11-12,18H,7,10,13H2,1H3. The molecule has 0 bridgehead atoms. The number of methoxy groups -OCH3 is 1. The maximum absolute atomic E-state index is 11.6. The number of hydrogen-bond acceptors (Lipinski definition) is 3. The van der Waals surface area contributed by atoms with Gasteiger partial charge in [0.25, 0.3) is 0 Å². The number of rotatable bonds is 6. The zero-order valence-electron chi connectivity index (χ0n) is 11.6. The van der Waals surface area contributed by atoms with Crippen LogP contribution >= 0.6 is 0 Å². The highest BCUT2D eigenvalue weighted by Gasteiger charge is 2.09. The van der Waals surface area contributed by atoms with E-state index in [0.29, 0.717) is 5.56 Å². The third kappa shape index (κ3) is 3.85. The topological polar surface area (TPSA) is 38.3 Å². The number of carbonyl (C=O) groups is 1. The van der Waals surface area contributed by atoms with Crippen molar-refractivity contribution in [2.45, 2.75) is 12.8 Å². The van der Waals surface area contributed by atoms with Gasteiger partial charge in [-0.15, -0.1) is 0 Å². The first-order chi connectivity index (χ1) is 9.81. The fraction of sp³-hybridized carbons (Fsp3) is 0.235. The van der Waals surface area contributed by atoms with Gasteiger partial charge >= 0.3 is 5.97 Å². The Balaban J connectivity index is 1.87. The van der Waals surface area contributed by atoms with Crippen molar-refractivity contribution in [2.24, 2.45) is 0 Å². The number of nitrogens with one attached hydrogen (secondary N) is 1. The number of carbonyl (C=O) groups excluding carboxylic acids is 1. The Kier molecular flexibility index (Phi) is 5.18. The molecule has 2 rings (SSSR count). The Bertz CT molecular complexity index is 552. The van der Waals surface area contributed by atoms with Crippen LogP contribution in [0.4, 0.5) is 5.69 Å². The highest BCUT2D eigenvalue weighted by molar-refractivity contribution is 5.95. The van der Waals surface area contributed by atoms with Crippen molar-refractivity contribution in [3.63, 3.8) is 0 Å². The number of ether oxygens (including phenoxy) is 1. The predicted molar refractivity (Wildman–Crippen MR) is 81.0 cm³/mol. The van der Waals surface area contributed by atoms with Gasteiger partial charge in [-0.05, 0) is 30.5 Å². The summed E-state index contributed by atoms with van der Waals surface area (Å²) >= 11 is 0. The van der Waals surface area contributed by atoms with Gasteiger partial charge in [-0.1, -0.05) is 42.5 Å². The first-order valence-corrected chi connectivity index (χ1v) is 6.76. The first-order valence-electron chi connectivity index (χ1n) is 6.76. The van der Waals surface area contributed by atoms with E-state index in [4.69, 9.17) is 4.74 Å². The molecule has 0 aliphatic carbocycles. The lowest BCUT2D eigenvalue weighted by Gasteiger charge is -2.10. The Morgan fingerprint density at radius 1 is 1.05 bits per heavy atom. The highest BCUT2D eigenvalue weighted by atomic mass is 16.5. The quantitative estimate of drug-likeness (QED) is 0.644. The summed E-state index contributed by atoms with van der Waals surface area (Å²) in [6.07, 6.45) is 2.04. The second-order valence-electron chi connectivity index (χ2n) is 4.55. The van der Waals surface area contributed by atoms with Gasteiger partial charge < -0.3 is 10.1 Å². The van der Waals surface area contributed by atoms with Gasteiger partial charge in [0.2, 0.25) is 0 Å². The van der Waals surface area contributed by atoms with Crippen molar-refractivity contribution in [2.75, 3.05) is 19.0 Å². The summed E-state index contributed by atoms with van der Waals surface area (Å²) in [7, 11) is 1.40. The van der Waals surface area contributed by atoms with Crippen molar-refractivity contribution in [3.8, 4) is 0 Å². The van der Waals surface area contributed by atoms with Gasteiger partial charge in [0.05, 0.1) is 12.7 Å². The molecule has 0 aromatic heterocycles. The molecule has 0 aliphatic heterocycles. The van der Waals surface area contributed by atoms with E-state index in [0.717, 1.165) is 25.1 Å². The number of hydrogen-bond donors (Lipinski definition) is 1. The molecule has 104 valence electrons. The monoisotopic (exact) mass is 269 g/mol. The Hall–Kier alpha value is -2.29. The summed E-state index contributed by atoms with van der Waals surface area (Å²) < 4.78 is 4.77. The van der Waals surface area contributed by atoms with E-state index in [1.807, 2.05) is 24.3 Å². The number of para-hydroxylation sites is 1. The van der Waals surface area contributed by atoms with Crippen molar-refractivity contribution in [1.29, 1.82) is 0 Å². The van der Waals surface area contributed by atoms with Crippen LogP contribution in [0.1, 0.15) is 22.3 Å². The van der Waals surface area contributed by atoms with Crippen LogP contribution in [0.25, 0.3) is 0 Å². The molecule has 0 saturated carbocycles. The summed E-state index contributed by atoms with van der Waals surface area (Å²) in [5.41, 5.74) is 2.73. The fourth-order valence-corrected chi connectivity index (χ4v) is 2.09. The van der Waals surface area contributed by atoms with Gasteiger partial charge in [0.15, 0.2) is 0 Å². The van der Waals surface area contributed by atoms with E-state index < -0.39 is 0 Å². The number of aryl methyl sites for hydroxylation is 1. The summed E-state index contributed by atoms with van der Waals surface area (Å²) in [6, 6.07) is 17.8. The van der Waals surface area contributed by atoms with Crippen LogP contribution in [-0.2, 0) is 11.2 Å². The molecule has 0 fully saturated rings. The van der Waals surface area contributed by atoms with Gasteiger partial charge in [-0.2, -0.15) is 0 Å². The molecule has 3 nitrogen and oxygen atoms in total. The number of benzene rings is 2. The third-order valence-electron chi connectivity index (χ3n) is 3.13. The molecule has 0 atom stereocenters. The molecule has 2 aromatic carbocycles. The SMILES string of the molecule is COC(=O)c1ccccc1NCCCc1ccccc1. The zero-order chi connectivity index (χ0) is 14.2. The van der Waals surface area contributed by atoms with E-state index in [1.165, 1.54) is 12.7 Å². The molecule has 0 radical (unpaired) electrons. The minimum atomic E-state index is -0.309. The second-order valence-corrected chi connectivity index (χ2v) is 4.55. The van der Waals surface area contributed by atoms with E-state index in [-0.39, 0.29) is 5.97 Å². The van der Waals surface area contributed by atoms with E-state index in [1.54, 1.807) is 6.07 Å². The molecule has 0 saturated heterocycles. The molecule has 0 unspecified atom stereocenters. The molecule has 3 heteroatoms. The van der Waals surface area contributed by atoms with Crippen LogP contribution in [0, 0.1) is 0 Å². The summed E-state index contributed by atoms with van der Waals surface area (Å²) in [5, 5.41) is 3.30. The van der Waals surface area contributed by atoms with Gasteiger partial charge in [-0.25, -0.2) is 4.79 Å². The van der Waals surface area contributed by atoms with Crippen LogP contribution in [0.15, 0.2) is 54.6 Å². The molecule has 20 heavy (non-hydrogen) atoms. The van der Waals surface area contributed by atoms with Crippen LogP contribution in [0.5, 0.6) is 0 Å². The van der Waals surface area contributed by atoms with Gasteiger partial charge in [0, 0.05) is 12.2 Å². The summed E-state index contributed by atoms with van der Waals surface area (Å²) in [5.74, 6) is -0.309. The molecule has 0 heterocycles. The predicted octanol–water partition coefficient (Wildman–Crippen LogP) is 3.52. The zero-order valence-corrected chi connectivity index (χ0v) is 11.6. The van der Waals surface area contributed by atoms with E-state index in [9.17, 15) is 4.79 Å². The van der Waals surface area contributed by atoms with Crippen molar-refractivity contribution in [3.05, 3.63) is 65.7 Å². The minimum Gasteiger partial charge on any atom is -0.465 e. The van der Waals surface area contributed by atoms with Crippen LogP contribution in [0.2, 0.25) is 0 Å². The largest absolute Gasteiger partial charge is 0.465 e. The summed E-state index contributed by atoms with van der Waals surface area (Å²) in [6.45, 7) is 0.822. The number of esters is 1. The lowest BCUT2D eigenvalue weighted by Crippen LogP contribution is -2.09. The smallest absolute Gasteiger partial charge is 0.339 e. The number of anilines is 1. The maximum atomic E-state index is 11.6. The van der Waals surface area contributed by atoms with Gasteiger partial charge in [-0.3, -0.25) is 0 Å². The average molecular weight is 269 g/mol. The fourth-order valence-electron chi connectivity index (χ4n) is 2.09. The normalized spacial score (nSPS) is 10.1. The summed E-state index contributed by atoms with van der Waals surface area (Å²) in [4.78, 5) is 11.6. The van der Waals surface area contributed by atoms with E-state index >= 15 is 0 Å². The van der Waals surface area contributed by atoms with Gasteiger partial charge in [0.1, 0.15) is 0 Å². The lowest BCUT2D eigenvalue weighted by molar-refractivity contribution is 0.0602. The minimum absolute atomic E-state index is 0.309. The van der Waals surface area contributed by atoms with Crippen LogP contribution < -0.4 is 5.32 Å². The van der Waals surface area contributed by atoms with Crippen molar-refractivity contribution < 1.29 is 9.53 Å². The Labute approximate surface area is 119 Å². The molecular formula is C17H19NO2. The molecule has 0 aliphatic rings.